The van der Waals surface area contributed by atoms with E-state index >= 15 is 0 Å². The van der Waals surface area contributed by atoms with Crippen molar-refractivity contribution in [2.24, 2.45) is 0 Å². The van der Waals surface area contributed by atoms with Crippen molar-refractivity contribution in [2.75, 3.05) is 6.54 Å². The Morgan fingerprint density at radius 1 is 1.23 bits per heavy atom. The molecule has 0 N–H and O–H groups in total. The fraction of sp³-hybridized carbons (Fsp3) is 0.318. The number of carbonyl (C=O) groups is 1. The van der Waals surface area contributed by atoms with E-state index in [0.29, 0.717) is 16.1 Å². The number of benzene rings is 2. The molecule has 2 aromatic heterocycles. The number of piperidine rings is 1. The number of carbonyl (C=O) groups excluding carboxylic acids is 1. The second kappa shape index (κ2) is 7.89. The number of likely N-dealkylation sites (tertiary alicyclic amines) is 1. The van der Waals surface area contributed by atoms with E-state index in [1.54, 1.807) is 29.5 Å². The van der Waals surface area contributed by atoms with Gasteiger partial charge in [-0.1, -0.05) is 23.7 Å². The number of aromatic nitrogens is 2. The van der Waals surface area contributed by atoms with E-state index < -0.39 is 5.76 Å². The molecule has 0 radical (unpaired) electrons. The number of halogens is 1. The van der Waals surface area contributed by atoms with E-state index in [1.165, 1.54) is 4.57 Å². The molecule has 1 atom stereocenters. The molecule has 0 unspecified atom stereocenters. The Balaban J connectivity index is 1.37. The maximum absolute atomic E-state index is 13.1. The SMILES string of the molecule is O=C(CCn1c(=O)oc2cc(Cl)ccc21)N1CCCC[C@@H]1c1nc2ccccc2s1. The summed E-state index contributed by atoms with van der Waals surface area (Å²) >= 11 is 7.63. The van der Waals surface area contributed by atoms with Gasteiger partial charge in [-0.3, -0.25) is 9.36 Å². The van der Waals surface area contributed by atoms with Crippen molar-refractivity contribution in [3.05, 3.63) is 63.0 Å². The maximum atomic E-state index is 13.1. The summed E-state index contributed by atoms with van der Waals surface area (Å²) in [6.07, 6.45) is 3.22. The van der Waals surface area contributed by atoms with Gasteiger partial charge >= 0.3 is 5.76 Å². The van der Waals surface area contributed by atoms with Gasteiger partial charge in [0.25, 0.3) is 0 Å². The van der Waals surface area contributed by atoms with Crippen molar-refractivity contribution < 1.29 is 9.21 Å². The van der Waals surface area contributed by atoms with Gasteiger partial charge in [-0.25, -0.2) is 9.78 Å². The molecule has 1 aliphatic rings. The number of nitrogens with zero attached hydrogens (tertiary/aromatic N) is 3. The van der Waals surface area contributed by atoms with Gasteiger partial charge in [-0.15, -0.1) is 11.3 Å². The Kier molecular flexibility index (Phi) is 5.08. The van der Waals surface area contributed by atoms with E-state index in [4.69, 9.17) is 21.0 Å². The lowest BCUT2D eigenvalue weighted by atomic mass is 10.0. The van der Waals surface area contributed by atoms with Crippen LogP contribution < -0.4 is 5.76 Å². The molecule has 0 aliphatic carbocycles. The molecule has 5 rings (SSSR count). The molecule has 1 saturated heterocycles. The Bertz CT molecular complexity index is 1260. The summed E-state index contributed by atoms with van der Waals surface area (Å²) in [7, 11) is 0. The van der Waals surface area contributed by atoms with Gasteiger partial charge < -0.3 is 9.32 Å². The lowest BCUT2D eigenvalue weighted by molar-refractivity contribution is -0.135. The Morgan fingerprint density at radius 2 is 2.10 bits per heavy atom. The smallest absolute Gasteiger partial charge is 0.408 e. The minimum absolute atomic E-state index is 0.000252. The molecular weight excluding hydrogens is 422 g/mol. The van der Waals surface area contributed by atoms with Gasteiger partial charge in [0.05, 0.1) is 21.8 Å². The number of fused-ring (bicyclic) bond motifs is 2. The molecule has 1 fully saturated rings. The first-order chi connectivity index (χ1) is 14.6. The number of rotatable bonds is 4. The largest absolute Gasteiger partial charge is 0.419 e. The summed E-state index contributed by atoms with van der Waals surface area (Å²) in [4.78, 5) is 32.1. The van der Waals surface area contributed by atoms with Crippen LogP contribution in [0.5, 0.6) is 0 Å². The zero-order valence-corrected chi connectivity index (χ0v) is 17.8. The van der Waals surface area contributed by atoms with Crippen LogP contribution in [0.4, 0.5) is 0 Å². The third kappa shape index (κ3) is 3.52. The van der Waals surface area contributed by atoms with Gasteiger partial charge in [-0.05, 0) is 43.5 Å². The Labute approximate surface area is 181 Å². The number of aryl methyl sites for hydroxylation is 1. The van der Waals surface area contributed by atoms with Crippen LogP contribution >= 0.6 is 22.9 Å². The average Bonchev–Trinajstić information content (AvgIpc) is 3.32. The molecule has 1 amide bonds. The molecule has 0 bridgehead atoms. The number of amides is 1. The van der Waals surface area contributed by atoms with Crippen LogP contribution in [0, 0.1) is 0 Å². The third-order valence-electron chi connectivity index (χ3n) is 5.60. The van der Waals surface area contributed by atoms with Gasteiger partial charge in [0.2, 0.25) is 5.91 Å². The minimum Gasteiger partial charge on any atom is -0.408 e. The number of thiazole rings is 1. The third-order valence-corrected chi connectivity index (χ3v) is 6.97. The van der Waals surface area contributed by atoms with Crippen molar-refractivity contribution in [2.45, 2.75) is 38.3 Å². The predicted molar refractivity (Wildman–Crippen MR) is 118 cm³/mol. The predicted octanol–water partition coefficient (Wildman–Crippen LogP) is 5.00. The van der Waals surface area contributed by atoms with Crippen LogP contribution in [0.25, 0.3) is 21.3 Å². The van der Waals surface area contributed by atoms with E-state index in [1.807, 2.05) is 23.1 Å². The first kappa shape index (κ1) is 19.3. The van der Waals surface area contributed by atoms with E-state index in [0.717, 1.165) is 41.0 Å². The Morgan fingerprint density at radius 3 is 2.97 bits per heavy atom. The average molecular weight is 442 g/mol. The quantitative estimate of drug-likeness (QED) is 0.446. The number of hydrogen-bond donors (Lipinski definition) is 0. The summed E-state index contributed by atoms with van der Waals surface area (Å²) in [6.45, 7) is 0.991. The van der Waals surface area contributed by atoms with Crippen LogP contribution in [-0.4, -0.2) is 26.9 Å². The highest BCUT2D eigenvalue weighted by Gasteiger charge is 2.30. The van der Waals surface area contributed by atoms with Crippen LogP contribution in [0.15, 0.2) is 51.7 Å². The zero-order valence-electron chi connectivity index (χ0n) is 16.2. The van der Waals surface area contributed by atoms with Gasteiger partial charge in [0, 0.05) is 30.6 Å². The molecule has 1 aliphatic heterocycles. The molecule has 6 nitrogen and oxygen atoms in total. The summed E-state index contributed by atoms with van der Waals surface area (Å²) in [5.41, 5.74) is 2.06. The minimum atomic E-state index is -0.471. The van der Waals surface area contributed by atoms with E-state index in [2.05, 4.69) is 6.07 Å². The number of para-hydroxylation sites is 1. The summed E-state index contributed by atoms with van der Waals surface area (Å²) < 4.78 is 7.91. The normalized spacial score (nSPS) is 17.1. The van der Waals surface area contributed by atoms with Crippen molar-refractivity contribution >= 4 is 50.2 Å². The van der Waals surface area contributed by atoms with Crippen LogP contribution in [0.1, 0.15) is 36.7 Å². The van der Waals surface area contributed by atoms with Crippen molar-refractivity contribution in [3.63, 3.8) is 0 Å². The lowest BCUT2D eigenvalue weighted by Gasteiger charge is -2.34. The highest BCUT2D eigenvalue weighted by atomic mass is 35.5. The van der Waals surface area contributed by atoms with Crippen LogP contribution in [0.2, 0.25) is 5.02 Å². The molecule has 0 spiro atoms. The molecular formula is C22H20ClN3O3S. The lowest BCUT2D eigenvalue weighted by Crippen LogP contribution is -2.39. The summed E-state index contributed by atoms with van der Waals surface area (Å²) in [5, 5.41) is 1.50. The van der Waals surface area contributed by atoms with Gasteiger partial charge in [0.1, 0.15) is 5.01 Å². The van der Waals surface area contributed by atoms with E-state index in [9.17, 15) is 9.59 Å². The van der Waals surface area contributed by atoms with E-state index in [-0.39, 0.29) is 24.9 Å². The van der Waals surface area contributed by atoms with Crippen molar-refractivity contribution in [1.82, 2.24) is 14.5 Å². The fourth-order valence-electron chi connectivity index (χ4n) is 4.12. The standard InChI is InChI=1S/C22H20ClN3O3S/c23-14-8-9-16-18(13-14)29-22(28)26(16)12-10-20(27)25-11-4-3-6-17(25)21-24-15-5-1-2-7-19(15)30-21/h1-2,5,7-9,13,17H,3-4,6,10-12H2/t17-/m1/s1. The number of hydrogen-bond acceptors (Lipinski definition) is 5. The highest BCUT2D eigenvalue weighted by Crippen LogP contribution is 2.36. The first-order valence-corrected chi connectivity index (χ1v) is 11.2. The molecule has 4 aromatic rings. The van der Waals surface area contributed by atoms with Crippen molar-refractivity contribution in [1.29, 1.82) is 0 Å². The van der Waals surface area contributed by atoms with Crippen molar-refractivity contribution in [3.8, 4) is 0 Å². The van der Waals surface area contributed by atoms with Crippen LogP contribution in [-0.2, 0) is 11.3 Å². The second-order valence-electron chi connectivity index (χ2n) is 7.50. The number of oxazole rings is 1. The molecule has 3 heterocycles. The summed E-state index contributed by atoms with van der Waals surface area (Å²) in [5.74, 6) is -0.435. The monoisotopic (exact) mass is 441 g/mol. The maximum Gasteiger partial charge on any atom is 0.419 e. The zero-order chi connectivity index (χ0) is 20.7. The molecule has 154 valence electrons. The molecule has 2 aromatic carbocycles. The van der Waals surface area contributed by atoms with Gasteiger partial charge in [0.15, 0.2) is 5.58 Å². The van der Waals surface area contributed by atoms with Gasteiger partial charge in [-0.2, -0.15) is 0 Å². The Hall–Kier alpha value is -2.64. The fourth-order valence-corrected chi connectivity index (χ4v) is 5.40. The molecule has 8 heteroatoms. The first-order valence-electron chi connectivity index (χ1n) is 10.0. The van der Waals surface area contributed by atoms with Crippen LogP contribution in [0.3, 0.4) is 0 Å². The summed E-state index contributed by atoms with van der Waals surface area (Å²) in [6, 6.07) is 13.1. The highest BCUT2D eigenvalue weighted by molar-refractivity contribution is 7.18. The second-order valence-corrected chi connectivity index (χ2v) is 9.00. The molecule has 0 saturated carbocycles. The topological polar surface area (TPSA) is 68.3 Å². The molecule has 30 heavy (non-hydrogen) atoms.